The minimum atomic E-state index is 0.754. The van der Waals surface area contributed by atoms with Crippen molar-refractivity contribution < 1.29 is 0 Å². The molecule has 0 aliphatic heterocycles. The number of benzene rings is 1. The lowest BCUT2D eigenvalue weighted by Gasteiger charge is -2.14. The summed E-state index contributed by atoms with van der Waals surface area (Å²) in [5, 5.41) is 3.43. The van der Waals surface area contributed by atoms with Gasteiger partial charge in [-0.05, 0) is 24.6 Å². The smallest absolute Gasteiger partial charge is 0.128 e. The lowest BCUT2D eigenvalue weighted by Crippen LogP contribution is -2.10. The number of hydrogen-bond donors (Lipinski definition) is 1. The minimum absolute atomic E-state index is 0.754. The summed E-state index contributed by atoms with van der Waals surface area (Å²) in [5.74, 6) is 1.08. The van der Waals surface area contributed by atoms with Gasteiger partial charge in [0.15, 0.2) is 0 Å². The quantitative estimate of drug-likeness (QED) is 0.864. The van der Waals surface area contributed by atoms with Crippen LogP contribution in [0.15, 0.2) is 36.7 Å². The van der Waals surface area contributed by atoms with Gasteiger partial charge >= 0.3 is 0 Å². The van der Waals surface area contributed by atoms with Crippen molar-refractivity contribution in [1.82, 2.24) is 9.55 Å². The molecule has 0 radical (unpaired) electrons. The van der Waals surface area contributed by atoms with E-state index in [0.717, 1.165) is 31.0 Å². The van der Waals surface area contributed by atoms with Crippen molar-refractivity contribution in [3.63, 3.8) is 0 Å². The number of anilines is 2. The molecule has 0 aliphatic carbocycles. The maximum atomic E-state index is 4.40. The molecule has 0 amide bonds. The molecule has 4 heteroatoms. The van der Waals surface area contributed by atoms with Crippen LogP contribution in [0.1, 0.15) is 19.2 Å². The normalized spacial score (nSPS) is 10.5. The van der Waals surface area contributed by atoms with Crippen molar-refractivity contribution >= 4 is 11.4 Å². The Morgan fingerprint density at radius 1 is 1.32 bits per heavy atom. The Labute approximate surface area is 115 Å². The molecule has 0 unspecified atom stereocenters. The van der Waals surface area contributed by atoms with Gasteiger partial charge in [-0.25, -0.2) is 4.98 Å². The number of rotatable bonds is 6. The first kappa shape index (κ1) is 13.5. The standard InChI is InChI=1S/C15H22N4/c1-4-9-19-10-8-16-15(19)12-17-13-6-5-7-14(11-13)18(2)3/h5-8,10-11,17H,4,9,12H2,1-3H3. The van der Waals surface area contributed by atoms with Crippen molar-refractivity contribution in [2.75, 3.05) is 24.3 Å². The molecule has 0 saturated heterocycles. The van der Waals surface area contributed by atoms with Crippen LogP contribution in [0.3, 0.4) is 0 Å². The van der Waals surface area contributed by atoms with E-state index in [0.29, 0.717) is 0 Å². The zero-order valence-corrected chi connectivity index (χ0v) is 11.9. The van der Waals surface area contributed by atoms with Crippen LogP contribution in [0, 0.1) is 0 Å². The predicted molar refractivity (Wildman–Crippen MR) is 80.6 cm³/mol. The zero-order chi connectivity index (χ0) is 13.7. The monoisotopic (exact) mass is 258 g/mol. The van der Waals surface area contributed by atoms with Gasteiger partial charge in [0.1, 0.15) is 5.82 Å². The lowest BCUT2D eigenvalue weighted by atomic mass is 10.2. The molecular weight excluding hydrogens is 236 g/mol. The van der Waals surface area contributed by atoms with Gasteiger partial charge in [-0.2, -0.15) is 0 Å². The topological polar surface area (TPSA) is 33.1 Å². The van der Waals surface area contributed by atoms with Crippen molar-refractivity contribution in [3.8, 4) is 0 Å². The second-order valence-corrected chi connectivity index (χ2v) is 4.84. The lowest BCUT2D eigenvalue weighted by molar-refractivity contribution is 0.644. The molecule has 0 saturated carbocycles. The van der Waals surface area contributed by atoms with Gasteiger partial charge in [0.2, 0.25) is 0 Å². The average molecular weight is 258 g/mol. The van der Waals surface area contributed by atoms with Crippen LogP contribution in [0.5, 0.6) is 0 Å². The molecule has 1 aromatic carbocycles. The average Bonchev–Trinajstić information content (AvgIpc) is 2.85. The number of imidazole rings is 1. The molecule has 0 spiro atoms. The number of aryl methyl sites for hydroxylation is 1. The van der Waals surface area contributed by atoms with E-state index in [1.165, 1.54) is 5.69 Å². The van der Waals surface area contributed by atoms with Gasteiger partial charge in [-0.1, -0.05) is 13.0 Å². The van der Waals surface area contributed by atoms with Gasteiger partial charge in [-0.15, -0.1) is 0 Å². The van der Waals surface area contributed by atoms with E-state index in [1.807, 2.05) is 26.5 Å². The Hall–Kier alpha value is -1.97. The first-order chi connectivity index (χ1) is 9.20. The summed E-state index contributed by atoms with van der Waals surface area (Å²) in [6.45, 7) is 3.95. The van der Waals surface area contributed by atoms with E-state index >= 15 is 0 Å². The number of aromatic nitrogens is 2. The molecule has 0 aliphatic rings. The van der Waals surface area contributed by atoms with Gasteiger partial charge in [0.25, 0.3) is 0 Å². The highest BCUT2D eigenvalue weighted by Crippen LogP contribution is 2.17. The van der Waals surface area contributed by atoms with E-state index in [1.54, 1.807) is 0 Å². The van der Waals surface area contributed by atoms with E-state index in [-0.39, 0.29) is 0 Å². The second kappa shape index (κ2) is 6.27. The van der Waals surface area contributed by atoms with Crippen molar-refractivity contribution in [1.29, 1.82) is 0 Å². The van der Waals surface area contributed by atoms with E-state index < -0.39 is 0 Å². The SMILES string of the molecule is CCCn1ccnc1CNc1cccc(N(C)C)c1. The fourth-order valence-corrected chi connectivity index (χ4v) is 2.03. The molecule has 0 atom stereocenters. The summed E-state index contributed by atoms with van der Waals surface area (Å²) in [6, 6.07) is 8.40. The molecule has 4 nitrogen and oxygen atoms in total. The second-order valence-electron chi connectivity index (χ2n) is 4.84. The summed E-state index contributed by atoms with van der Waals surface area (Å²) < 4.78 is 2.20. The number of nitrogens with one attached hydrogen (secondary N) is 1. The van der Waals surface area contributed by atoms with Crippen LogP contribution < -0.4 is 10.2 Å². The fourth-order valence-electron chi connectivity index (χ4n) is 2.03. The summed E-state index contributed by atoms with van der Waals surface area (Å²) in [6.07, 6.45) is 5.03. The summed E-state index contributed by atoms with van der Waals surface area (Å²) in [5.41, 5.74) is 2.32. The van der Waals surface area contributed by atoms with Gasteiger partial charge in [-0.3, -0.25) is 0 Å². The highest BCUT2D eigenvalue weighted by Gasteiger charge is 2.02. The molecule has 2 aromatic rings. The van der Waals surface area contributed by atoms with Crippen LogP contribution in [-0.4, -0.2) is 23.6 Å². The third-order valence-electron chi connectivity index (χ3n) is 3.08. The van der Waals surface area contributed by atoms with Crippen molar-refractivity contribution in [2.45, 2.75) is 26.4 Å². The molecule has 1 N–H and O–H groups in total. The number of nitrogens with zero attached hydrogens (tertiary/aromatic N) is 3. The van der Waals surface area contributed by atoms with Gasteiger partial charge in [0, 0.05) is 44.4 Å². The van der Waals surface area contributed by atoms with Gasteiger partial charge in [0.05, 0.1) is 6.54 Å². The predicted octanol–water partition coefficient (Wildman–Crippen LogP) is 2.97. The maximum absolute atomic E-state index is 4.40. The van der Waals surface area contributed by atoms with E-state index in [4.69, 9.17) is 0 Å². The first-order valence-electron chi connectivity index (χ1n) is 6.72. The highest BCUT2D eigenvalue weighted by atomic mass is 15.1. The largest absolute Gasteiger partial charge is 0.378 e. The Bertz CT molecular complexity index is 516. The molecule has 0 fully saturated rings. The van der Waals surface area contributed by atoms with E-state index in [9.17, 15) is 0 Å². The zero-order valence-electron chi connectivity index (χ0n) is 11.9. The third kappa shape index (κ3) is 3.50. The summed E-state index contributed by atoms with van der Waals surface area (Å²) in [7, 11) is 4.10. The number of hydrogen-bond acceptors (Lipinski definition) is 3. The Morgan fingerprint density at radius 2 is 2.16 bits per heavy atom. The maximum Gasteiger partial charge on any atom is 0.128 e. The molecule has 1 aromatic heterocycles. The molecule has 2 rings (SSSR count). The molecule has 0 bridgehead atoms. The summed E-state index contributed by atoms with van der Waals surface area (Å²) in [4.78, 5) is 6.50. The van der Waals surface area contributed by atoms with Crippen molar-refractivity contribution in [2.24, 2.45) is 0 Å². The highest BCUT2D eigenvalue weighted by molar-refractivity contribution is 5.57. The first-order valence-corrected chi connectivity index (χ1v) is 6.72. The molecular formula is C15H22N4. The van der Waals surface area contributed by atoms with Crippen LogP contribution in [0.4, 0.5) is 11.4 Å². The van der Waals surface area contributed by atoms with Crippen LogP contribution in [0.2, 0.25) is 0 Å². The van der Waals surface area contributed by atoms with Gasteiger partial charge < -0.3 is 14.8 Å². The Kier molecular flexibility index (Phi) is 4.44. The third-order valence-corrected chi connectivity index (χ3v) is 3.08. The van der Waals surface area contributed by atoms with Crippen LogP contribution in [0.25, 0.3) is 0 Å². The van der Waals surface area contributed by atoms with Crippen LogP contribution >= 0.6 is 0 Å². The Balaban J connectivity index is 2.02. The van der Waals surface area contributed by atoms with Crippen LogP contribution in [-0.2, 0) is 13.1 Å². The van der Waals surface area contributed by atoms with Crippen molar-refractivity contribution in [3.05, 3.63) is 42.5 Å². The van der Waals surface area contributed by atoms with E-state index in [2.05, 4.69) is 51.0 Å². The molecule has 19 heavy (non-hydrogen) atoms. The fraction of sp³-hybridized carbons (Fsp3) is 0.400. The molecule has 102 valence electrons. The summed E-state index contributed by atoms with van der Waals surface area (Å²) >= 11 is 0. The molecule has 1 heterocycles. The Morgan fingerprint density at radius 3 is 2.89 bits per heavy atom. The minimum Gasteiger partial charge on any atom is -0.378 e.